The average Bonchev–Trinajstić information content (AvgIpc) is 2.82. The summed E-state index contributed by atoms with van der Waals surface area (Å²) in [6.45, 7) is 4.50. The van der Waals surface area contributed by atoms with Gasteiger partial charge < -0.3 is 14.8 Å². The third-order valence-electron chi connectivity index (χ3n) is 4.35. The first-order chi connectivity index (χ1) is 15.6. The van der Waals surface area contributed by atoms with E-state index >= 15 is 0 Å². The van der Waals surface area contributed by atoms with Crippen LogP contribution in [0.5, 0.6) is 11.5 Å². The molecule has 0 aliphatic heterocycles. The number of anilines is 1. The summed E-state index contributed by atoms with van der Waals surface area (Å²) in [4.78, 5) is 12.6. The van der Waals surface area contributed by atoms with Gasteiger partial charge in [-0.1, -0.05) is 49.1 Å². The Kier molecular flexibility index (Phi) is 8.46. The van der Waals surface area contributed by atoms with Crippen LogP contribution in [-0.4, -0.2) is 12.5 Å². The number of nitriles is 1. The monoisotopic (exact) mass is 536 g/mol. The maximum Gasteiger partial charge on any atom is 0.266 e. The molecule has 32 heavy (non-hydrogen) atoms. The van der Waals surface area contributed by atoms with E-state index in [4.69, 9.17) is 9.47 Å². The van der Waals surface area contributed by atoms with Gasteiger partial charge in [0, 0.05) is 5.69 Å². The molecule has 6 heteroatoms. The Morgan fingerprint density at radius 3 is 2.47 bits per heavy atom. The number of nitrogens with zero attached hydrogens (tertiary/aromatic N) is 1. The first-order valence-corrected chi connectivity index (χ1v) is 10.9. The van der Waals surface area contributed by atoms with Crippen molar-refractivity contribution in [3.63, 3.8) is 0 Å². The Labute approximate surface area is 201 Å². The molecule has 0 aliphatic rings. The van der Waals surface area contributed by atoms with Crippen LogP contribution in [0.3, 0.4) is 0 Å². The van der Waals surface area contributed by atoms with E-state index in [9.17, 15) is 10.1 Å². The van der Waals surface area contributed by atoms with E-state index in [1.54, 1.807) is 48.6 Å². The van der Waals surface area contributed by atoms with E-state index in [0.29, 0.717) is 24.7 Å². The standard InChI is InChI=1S/C26H21IN2O3/c1-2-14-31-25-13-8-20(16-24(25)27)15-21(17-28)26(30)29-22-9-11-23(12-10-22)32-18-19-6-4-3-5-7-19/h2-13,15-16H,1,14,18H2,(H,29,30)/b21-15+. The molecule has 0 saturated carbocycles. The maximum atomic E-state index is 12.6. The van der Waals surface area contributed by atoms with Crippen molar-refractivity contribution in [2.24, 2.45) is 0 Å². The van der Waals surface area contributed by atoms with Crippen molar-refractivity contribution in [1.29, 1.82) is 5.26 Å². The van der Waals surface area contributed by atoms with Crippen LogP contribution in [0.15, 0.2) is 91.0 Å². The Hall–Kier alpha value is -3.57. The van der Waals surface area contributed by atoms with Crippen LogP contribution in [0.2, 0.25) is 0 Å². The smallest absolute Gasteiger partial charge is 0.266 e. The molecule has 0 aliphatic carbocycles. The molecule has 3 aromatic carbocycles. The molecule has 0 unspecified atom stereocenters. The second kappa shape index (κ2) is 11.7. The molecular formula is C26H21IN2O3. The number of amides is 1. The molecule has 0 bridgehead atoms. The highest BCUT2D eigenvalue weighted by molar-refractivity contribution is 14.1. The zero-order valence-electron chi connectivity index (χ0n) is 17.3. The number of benzene rings is 3. The molecule has 160 valence electrons. The summed E-state index contributed by atoms with van der Waals surface area (Å²) in [5.74, 6) is 0.934. The predicted molar refractivity (Wildman–Crippen MR) is 134 cm³/mol. The number of carbonyl (C=O) groups excluding carboxylic acids is 1. The molecule has 1 N–H and O–H groups in total. The minimum atomic E-state index is -0.479. The number of halogens is 1. The molecule has 0 spiro atoms. The fourth-order valence-corrected chi connectivity index (χ4v) is 3.46. The van der Waals surface area contributed by atoms with Crippen molar-refractivity contribution in [2.45, 2.75) is 6.61 Å². The van der Waals surface area contributed by atoms with Gasteiger partial charge in [-0.15, -0.1) is 0 Å². The molecule has 3 aromatic rings. The first-order valence-electron chi connectivity index (χ1n) is 9.82. The molecule has 0 aromatic heterocycles. The highest BCUT2D eigenvalue weighted by Crippen LogP contribution is 2.24. The van der Waals surface area contributed by atoms with Gasteiger partial charge in [0.05, 0.1) is 3.57 Å². The van der Waals surface area contributed by atoms with Crippen LogP contribution < -0.4 is 14.8 Å². The molecule has 0 heterocycles. The Balaban J connectivity index is 1.62. The SMILES string of the molecule is C=CCOc1ccc(/C=C(\C#N)C(=O)Nc2ccc(OCc3ccccc3)cc2)cc1I. The second-order valence-electron chi connectivity index (χ2n) is 6.71. The molecule has 5 nitrogen and oxygen atoms in total. The summed E-state index contributed by atoms with van der Waals surface area (Å²) in [7, 11) is 0. The largest absolute Gasteiger partial charge is 0.489 e. The summed E-state index contributed by atoms with van der Waals surface area (Å²) in [5, 5.41) is 12.2. The summed E-state index contributed by atoms with van der Waals surface area (Å²) < 4.78 is 12.2. The molecular weight excluding hydrogens is 515 g/mol. The van der Waals surface area contributed by atoms with E-state index in [-0.39, 0.29) is 5.57 Å². The normalized spacial score (nSPS) is 10.7. The maximum absolute atomic E-state index is 12.6. The van der Waals surface area contributed by atoms with Crippen LogP contribution >= 0.6 is 22.6 Å². The Bertz CT molecular complexity index is 1150. The number of hydrogen-bond donors (Lipinski definition) is 1. The Morgan fingerprint density at radius 1 is 1.06 bits per heavy atom. The Morgan fingerprint density at radius 2 is 1.81 bits per heavy atom. The highest BCUT2D eigenvalue weighted by Gasteiger charge is 2.11. The molecule has 0 radical (unpaired) electrons. The first kappa shape index (κ1) is 23.1. The van der Waals surface area contributed by atoms with Crippen molar-refractivity contribution in [3.05, 3.63) is 106 Å². The van der Waals surface area contributed by atoms with Gasteiger partial charge >= 0.3 is 0 Å². The van der Waals surface area contributed by atoms with Gasteiger partial charge in [0.2, 0.25) is 0 Å². The van der Waals surface area contributed by atoms with Crippen molar-refractivity contribution in [2.75, 3.05) is 11.9 Å². The van der Waals surface area contributed by atoms with Crippen molar-refractivity contribution >= 4 is 40.3 Å². The van der Waals surface area contributed by atoms with E-state index in [1.165, 1.54) is 0 Å². The third kappa shape index (κ3) is 6.72. The van der Waals surface area contributed by atoms with Gasteiger partial charge in [0.15, 0.2) is 0 Å². The third-order valence-corrected chi connectivity index (χ3v) is 5.19. The molecule has 0 fully saturated rings. The van der Waals surface area contributed by atoms with E-state index < -0.39 is 5.91 Å². The minimum Gasteiger partial charge on any atom is -0.489 e. The lowest BCUT2D eigenvalue weighted by molar-refractivity contribution is -0.112. The van der Waals surface area contributed by atoms with Crippen molar-refractivity contribution < 1.29 is 14.3 Å². The van der Waals surface area contributed by atoms with E-state index in [0.717, 1.165) is 20.4 Å². The zero-order chi connectivity index (χ0) is 22.8. The molecule has 1 amide bonds. The lowest BCUT2D eigenvalue weighted by Gasteiger charge is -2.09. The quantitative estimate of drug-likeness (QED) is 0.158. The van der Waals surface area contributed by atoms with Gasteiger partial charge in [-0.3, -0.25) is 4.79 Å². The van der Waals surface area contributed by atoms with Crippen molar-refractivity contribution in [3.8, 4) is 17.6 Å². The van der Waals surface area contributed by atoms with E-state index in [1.807, 2.05) is 42.5 Å². The van der Waals surface area contributed by atoms with Crippen LogP contribution in [0.1, 0.15) is 11.1 Å². The predicted octanol–water partition coefficient (Wildman–Crippen LogP) is 5.98. The van der Waals surface area contributed by atoms with Crippen LogP contribution in [0.4, 0.5) is 5.69 Å². The zero-order valence-corrected chi connectivity index (χ0v) is 19.4. The van der Waals surface area contributed by atoms with Gasteiger partial charge in [-0.25, -0.2) is 0 Å². The molecule has 0 atom stereocenters. The van der Waals surface area contributed by atoms with Gasteiger partial charge in [-0.05, 0) is 76.2 Å². The van der Waals surface area contributed by atoms with Crippen LogP contribution in [-0.2, 0) is 11.4 Å². The number of rotatable bonds is 9. The molecule has 0 saturated heterocycles. The van der Waals surface area contributed by atoms with E-state index in [2.05, 4.69) is 34.5 Å². The van der Waals surface area contributed by atoms with Gasteiger partial charge in [0.1, 0.15) is 36.4 Å². The number of nitrogens with one attached hydrogen (secondary N) is 1. The number of ether oxygens (including phenoxy) is 2. The summed E-state index contributed by atoms with van der Waals surface area (Å²) in [5.41, 5.74) is 2.39. The number of carbonyl (C=O) groups is 1. The average molecular weight is 536 g/mol. The van der Waals surface area contributed by atoms with Gasteiger partial charge in [0.25, 0.3) is 5.91 Å². The lowest BCUT2D eigenvalue weighted by atomic mass is 10.1. The topological polar surface area (TPSA) is 71.3 Å². The fourth-order valence-electron chi connectivity index (χ4n) is 2.76. The minimum absolute atomic E-state index is 0.00460. The van der Waals surface area contributed by atoms with Crippen molar-refractivity contribution in [1.82, 2.24) is 0 Å². The fraction of sp³-hybridized carbons (Fsp3) is 0.0769. The summed E-state index contributed by atoms with van der Waals surface area (Å²) in [6.07, 6.45) is 3.22. The van der Waals surface area contributed by atoms with Crippen LogP contribution in [0, 0.1) is 14.9 Å². The number of hydrogen-bond acceptors (Lipinski definition) is 4. The van der Waals surface area contributed by atoms with Crippen LogP contribution in [0.25, 0.3) is 6.08 Å². The summed E-state index contributed by atoms with van der Waals surface area (Å²) >= 11 is 2.15. The molecule has 3 rings (SSSR count). The lowest BCUT2D eigenvalue weighted by Crippen LogP contribution is -2.13. The summed E-state index contributed by atoms with van der Waals surface area (Å²) in [6, 6.07) is 24.3. The van der Waals surface area contributed by atoms with Gasteiger partial charge in [-0.2, -0.15) is 5.26 Å². The highest BCUT2D eigenvalue weighted by atomic mass is 127. The second-order valence-corrected chi connectivity index (χ2v) is 7.87.